The number of fused-ring (bicyclic) bond motifs is 1. The number of amides is 1. The number of carbonyl (C=O) groups excluding carboxylic acids is 1. The molecule has 0 spiro atoms. The van der Waals surface area contributed by atoms with Gasteiger partial charge < -0.3 is 10.5 Å². The number of nitrogens with one attached hydrogen (secondary N) is 1. The van der Waals surface area contributed by atoms with Gasteiger partial charge in [0.2, 0.25) is 5.91 Å². The predicted octanol–water partition coefficient (Wildman–Crippen LogP) is 0.237. The van der Waals surface area contributed by atoms with Crippen LogP contribution in [0.3, 0.4) is 0 Å². The first-order valence-electron chi connectivity index (χ1n) is 7.63. The molecule has 0 aliphatic carbocycles. The molecular weight excluding hydrogens is 242 g/mol. The average molecular weight is 267 g/mol. The topological polar surface area (TPSA) is 67.6 Å². The number of nitrogens with zero attached hydrogens (tertiary/aromatic N) is 1. The minimum Gasteiger partial charge on any atom is -0.377 e. The van der Waals surface area contributed by atoms with Gasteiger partial charge in [0.15, 0.2) is 0 Å². The van der Waals surface area contributed by atoms with E-state index >= 15 is 0 Å². The van der Waals surface area contributed by atoms with Crippen molar-refractivity contribution in [1.29, 1.82) is 0 Å². The molecule has 1 amide bonds. The zero-order valence-corrected chi connectivity index (χ0v) is 11.6. The second-order valence-electron chi connectivity index (χ2n) is 6.15. The second kappa shape index (κ2) is 5.38. The van der Waals surface area contributed by atoms with Gasteiger partial charge in [-0.3, -0.25) is 15.0 Å². The Morgan fingerprint density at radius 2 is 2.21 bits per heavy atom. The predicted molar refractivity (Wildman–Crippen MR) is 72.7 cm³/mol. The molecule has 3 fully saturated rings. The molecule has 3 rings (SSSR count). The van der Waals surface area contributed by atoms with Gasteiger partial charge in [-0.1, -0.05) is 6.42 Å². The number of ether oxygens (including phenoxy) is 1. The van der Waals surface area contributed by atoms with Crippen LogP contribution in [0.25, 0.3) is 0 Å². The fourth-order valence-corrected chi connectivity index (χ4v) is 3.99. The van der Waals surface area contributed by atoms with Gasteiger partial charge in [-0.15, -0.1) is 0 Å². The van der Waals surface area contributed by atoms with Crippen molar-refractivity contribution < 1.29 is 9.53 Å². The summed E-state index contributed by atoms with van der Waals surface area (Å²) in [4.78, 5) is 14.5. The summed E-state index contributed by atoms with van der Waals surface area (Å²) in [6, 6.07) is 0.292. The molecule has 3 N–H and O–H groups in total. The van der Waals surface area contributed by atoms with Gasteiger partial charge in [-0.05, 0) is 38.6 Å². The van der Waals surface area contributed by atoms with Crippen molar-refractivity contribution in [3.05, 3.63) is 0 Å². The first-order valence-corrected chi connectivity index (χ1v) is 7.63. The lowest BCUT2D eigenvalue weighted by Gasteiger charge is -2.39. The van der Waals surface area contributed by atoms with E-state index in [0.717, 1.165) is 51.9 Å². The number of carbonyl (C=O) groups is 1. The van der Waals surface area contributed by atoms with Crippen molar-refractivity contribution in [2.45, 2.75) is 56.2 Å². The van der Waals surface area contributed by atoms with Crippen LogP contribution in [0.15, 0.2) is 0 Å². The average Bonchev–Trinajstić information content (AvgIpc) is 3.05. The Morgan fingerprint density at radius 1 is 1.32 bits per heavy atom. The molecular formula is C14H25N3O2. The minimum absolute atomic E-state index is 0.181. The monoisotopic (exact) mass is 267 g/mol. The third kappa shape index (κ3) is 2.39. The van der Waals surface area contributed by atoms with Crippen LogP contribution in [-0.4, -0.2) is 54.7 Å². The van der Waals surface area contributed by atoms with E-state index in [4.69, 9.17) is 10.5 Å². The lowest BCUT2D eigenvalue weighted by atomic mass is 9.84. The van der Waals surface area contributed by atoms with Crippen LogP contribution in [-0.2, 0) is 9.53 Å². The number of hydrogen-bond acceptors (Lipinski definition) is 4. The standard InChI is InChI=1S/C14H25N3O2/c15-13(18)14(16-10-11-4-3-9-19-11)6-8-17-7-2-1-5-12(14)17/h11-12,16H,1-10H2,(H2,15,18). The third-order valence-electron chi connectivity index (χ3n) is 5.08. The normalized spacial score (nSPS) is 39.4. The maximum absolute atomic E-state index is 12.1. The molecule has 0 aromatic carbocycles. The fraction of sp³-hybridized carbons (Fsp3) is 0.929. The maximum Gasteiger partial charge on any atom is 0.239 e. The summed E-state index contributed by atoms with van der Waals surface area (Å²) in [5.41, 5.74) is 5.23. The summed E-state index contributed by atoms with van der Waals surface area (Å²) < 4.78 is 5.65. The van der Waals surface area contributed by atoms with Crippen molar-refractivity contribution >= 4 is 5.91 Å². The van der Waals surface area contributed by atoms with E-state index in [-0.39, 0.29) is 12.0 Å². The molecule has 0 aromatic heterocycles. The molecule has 0 aromatic rings. The Kier molecular flexibility index (Phi) is 3.78. The van der Waals surface area contributed by atoms with Gasteiger partial charge >= 0.3 is 0 Å². The fourth-order valence-electron chi connectivity index (χ4n) is 3.99. The Hall–Kier alpha value is -0.650. The SMILES string of the molecule is NC(=O)C1(NCC2CCCO2)CCN2CCCCC21. The number of nitrogens with two attached hydrogens (primary N) is 1. The van der Waals surface area contributed by atoms with Gasteiger partial charge in [0, 0.05) is 25.7 Å². The Labute approximate surface area is 114 Å². The van der Waals surface area contributed by atoms with Crippen molar-refractivity contribution in [1.82, 2.24) is 10.2 Å². The third-order valence-corrected chi connectivity index (χ3v) is 5.08. The molecule has 19 heavy (non-hydrogen) atoms. The number of primary amides is 1. The largest absolute Gasteiger partial charge is 0.377 e. The highest BCUT2D eigenvalue weighted by atomic mass is 16.5. The van der Waals surface area contributed by atoms with Crippen LogP contribution in [0.2, 0.25) is 0 Å². The van der Waals surface area contributed by atoms with Gasteiger partial charge in [-0.2, -0.15) is 0 Å². The summed E-state index contributed by atoms with van der Waals surface area (Å²) in [6.45, 7) is 3.71. The smallest absolute Gasteiger partial charge is 0.239 e. The van der Waals surface area contributed by atoms with E-state index in [2.05, 4.69) is 10.2 Å². The van der Waals surface area contributed by atoms with Crippen LogP contribution < -0.4 is 11.1 Å². The first-order chi connectivity index (χ1) is 9.22. The summed E-state index contributed by atoms with van der Waals surface area (Å²) in [7, 11) is 0. The van der Waals surface area contributed by atoms with Gasteiger partial charge in [0.05, 0.1) is 6.10 Å². The number of rotatable bonds is 4. The quantitative estimate of drug-likeness (QED) is 0.765. The van der Waals surface area contributed by atoms with Gasteiger partial charge in [-0.25, -0.2) is 0 Å². The lowest BCUT2D eigenvalue weighted by molar-refractivity contribution is -0.126. The van der Waals surface area contributed by atoms with Crippen LogP contribution in [0.5, 0.6) is 0 Å². The Balaban J connectivity index is 1.69. The highest BCUT2D eigenvalue weighted by Gasteiger charge is 2.52. The van der Waals surface area contributed by atoms with Crippen LogP contribution in [0.1, 0.15) is 38.5 Å². The Morgan fingerprint density at radius 3 is 2.95 bits per heavy atom. The summed E-state index contributed by atoms with van der Waals surface area (Å²) in [6.07, 6.45) is 6.87. The van der Waals surface area contributed by atoms with E-state index in [1.807, 2.05) is 0 Å². The van der Waals surface area contributed by atoms with Gasteiger partial charge in [0.25, 0.3) is 0 Å². The molecule has 3 unspecified atom stereocenters. The van der Waals surface area contributed by atoms with E-state index in [0.29, 0.717) is 6.04 Å². The molecule has 3 aliphatic rings. The van der Waals surface area contributed by atoms with Crippen LogP contribution in [0, 0.1) is 0 Å². The highest BCUT2D eigenvalue weighted by Crippen LogP contribution is 2.35. The molecule has 108 valence electrons. The molecule has 0 saturated carbocycles. The van der Waals surface area contributed by atoms with E-state index in [1.165, 1.54) is 12.8 Å². The lowest BCUT2D eigenvalue weighted by Crippen LogP contribution is -2.64. The van der Waals surface area contributed by atoms with Crippen molar-refractivity contribution in [3.8, 4) is 0 Å². The van der Waals surface area contributed by atoms with Crippen molar-refractivity contribution in [3.63, 3.8) is 0 Å². The molecule has 0 radical (unpaired) electrons. The minimum atomic E-state index is -0.521. The molecule has 5 heteroatoms. The molecule has 3 atom stereocenters. The highest BCUT2D eigenvalue weighted by molar-refractivity contribution is 5.86. The zero-order chi connectivity index (χ0) is 13.3. The molecule has 5 nitrogen and oxygen atoms in total. The Bertz CT molecular complexity index is 344. The molecule has 3 aliphatic heterocycles. The van der Waals surface area contributed by atoms with Crippen molar-refractivity contribution in [2.75, 3.05) is 26.2 Å². The van der Waals surface area contributed by atoms with E-state index in [9.17, 15) is 4.79 Å². The molecule has 3 heterocycles. The van der Waals surface area contributed by atoms with Crippen LogP contribution >= 0.6 is 0 Å². The molecule has 0 bridgehead atoms. The summed E-state index contributed by atoms with van der Waals surface area (Å²) in [5.74, 6) is -0.181. The molecule has 3 saturated heterocycles. The number of hydrogen-bond donors (Lipinski definition) is 2. The second-order valence-corrected chi connectivity index (χ2v) is 6.15. The maximum atomic E-state index is 12.1. The van der Waals surface area contributed by atoms with E-state index < -0.39 is 5.54 Å². The van der Waals surface area contributed by atoms with Crippen molar-refractivity contribution in [2.24, 2.45) is 5.73 Å². The number of piperidine rings is 1. The first kappa shape index (κ1) is 13.3. The zero-order valence-electron chi connectivity index (χ0n) is 11.6. The van der Waals surface area contributed by atoms with E-state index in [1.54, 1.807) is 0 Å². The van der Waals surface area contributed by atoms with Crippen LogP contribution in [0.4, 0.5) is 0 Å². The summed E-state index contributed by atoms with van der Waals surface area (Å²) >= 11 is 0. The summed E-state index contributed by atoms with van der Waals surface area (Å²) in [5, 5.41) is 3.49. The van der Waals surface area contributed by atoms with Gasteiger partial charge in [0.1, 0.15) is 5.54 Å².